The molecule has 0 amide bonds. The number of nitrogens with one attached hydrogen (secondary N) is 1. The first-order chi connectivity index (χ1) is 4.79. The van der Waals surface area contributed by atoms with Crippen LogP contribution in [0.25, 0.3) is 0 Å². The highest BCUT2D eigenvalue weighted by Crippen LogP contribution is 2.31. The summed E-state index contributed by atoms with van der Waals surface area (Å²) in [6, 6.07) is 0. The molecule has 1 saturated carbocycles. The molecule has 1 rings (SSSR count). The normalized spacial score (nSPS) is 21.0. The molecule has 1 aliphatic rings. The van der Waals surface area contributed by atoms with E-state index in [4.69, 9.17) is 5.11 Å². The van der Waals surface area contributed by atoms with Crippen LogP contribution in [0.15, 0.2) is 0 Å². The Balaban J connectivity index is 1.76. The van der Waals surface area contributed by atoms with Crippen LogP contribution in [-0.2, 0) is 0 Å². The van der Waals surface area contributed by atoms with Crippen LogP contribution < -0.4 is 5.32 Å². The molecule has 0 aromatic carbocycles. The molecule has 0 bridgehead atoms. The second-order valence-electron chi connectivity index (χ2n) is 3.29. The molecule has 0 saturated heterocycles. The van der Waals surface area contributed by atoms with Gasteiger partial charge in [-0.05, 0) is 25.8 Å². The second kappa shape index (κ2) is 3.94. The van der Waals surface area contributed by atoms with Gasteiger partial charge < -0.3 is 10.4 Å². The topological polar surface area (TPSA) is 32.3 Å². The molecule has 2 N–H and O–H groups in total. The van der Waals surface area contributed by atoms with Crippen LogP contribution in [-0.4, -0.2) is 24.3 Å². The summed E-state index contributed by atoms with van der Waals surface area (Å²) in [7, 11) is 0. The summed E-state index contributed by atoms with van der Waals surface area (Å²) in [6.07, 6.45) is 3.96. The van der Waals surface area contributed by atoms with Crippen molar-refractivity contribution in [2.24, 2.45) is 5.92 Å². The predicted molar refractivity (Wildman–Crippen MR) is 41.9 cm³/mol. The van der Waals surface area contributed by atoms with Gasteiger partial charge in [0.15, 0.2) is 0 Å². The van der Waals surface area contributed by atoms with Crippen LogP contribution in [0.4, 0.5) is 0 Å². The minimum atomic E-state index is -0.195. The smallest absolute Gasteiger partial charge is 0.0636 e. The fourth-order valence-corrected chi connectivity index (χ4v) is 1.02. The minimum Gasteiger partial charge on any atom is -0.392 e. The van der Waals surface area contributed by atoms with Crippen molar-refractivity contribution in [3.8, 4) is 0 Å². The zero-order chi connectivity index (χ0) is 7.40. The third-order valence-corrected chi connectivity index (χ3v) is 1.87. The molecular weight excluding hydrogens is 126 g/mol. The average Bonchev–Trinajstić information content (AvgIpc) is 2.62. The lowest BCUT2D eigenvalue weighted by atomic mass is 10.3. The Kier molecular flexibility index (Phi) is 3.16. The van der Waals surface area contributed by atoms with E-state index in [0.29, 0.717) is 0 Å². The molecule has 2 heteroatoms. The van der Waals surface area contributed by atoms with E-state index in [1.54, 1.807) is 0 Å². The predicted octanol–water partition coefficient (Wildman–Crippen LogP) is 0.757. The molecule has 0 unspecified atom stereocenters. The van der Waals surface area contributed by atoms with Crippen molar-refractivity contribution in [1.29, 1.82) is 0 Å². The van der Waals surface area contributed by atoms with E-state index in [9.17, 15) is 0 Å². The Morgan fingerprint density at radius 3 is 2.80 bits per heavy atom. The van der Waals surface area contributed by atoms with Gasteiger partial charge in [-0.1, -0.05) is 12.8 Å². The van der Waals surface area contributed by atoms with E-state index in [-0.39, 0.29) is 6.10 Å². The molecular formula is C8H17NO. The summed E-state index contributed by atoms with van der Waals surface area (Å²) in [6.45, 7) is 3.63. The third-order valence-electron chi connectivity index (χ3n) is 1.87. The van der Waals surface area contributed by atoms with Gasteiger partial charge in [0, 0.05) is 6.54 Å². The number of hydrogen-bond donors (Lipinski definition) is 2. The van der Waals surface area contributed by atoms with Gasteiger partial charge in [0.05, 0.1) is 6.10 Å². The summed E-state index contributed by atoms with van der Waals surface area (Å²) in [4.78, 5) is 0. The van der Waals surface area contributed by atoms with Crippen molar-refractivity contribution in [2.75, 3.05) is 13.1 Å². The van der Waals surface area contributed by atoms with E-state index in [2.05, 4.69) is 5.32 Å². The first kappa shape index (κ1) is 8.02. The molecule has 1 aliphatic carbocycles. The Hall–Kier alpha value is -0.0800. The molecule has 0 aromatic heterocycles. The monoisotopic (exact) mass is 143 g/mol. The van der Waals surface area contributed by atoms with Gasteiger partial charge >= 0.3 is 0 Å². The lowest BCUT2D eigenvalue weighted by Gasteiger charge is -2.05. The molecule has 0 aromatic rings. The van der Waals surface area contributed by atoms with E-state index in [1.807, 2.05) is 6.92 Å². The van der Waals surface area contributed by atoms with Crippen molar-refractivity contribution < 1.29 is 5.11 Å². The van der Waals surface area contributed by atoms with Crippen LogP contribution in [0, 0.1) is 5.92 Å². The van der Waals surface area contributed by atoms with Crippen molar-refractivity contribution >= 4 is 0 Å². The Morgan fingerprint density at radius 1 is 1.60 bits per heavy atom. The van der Waals surface area contributed by atoms with Crippen molar-refractivity contribution in [1.82, 2.24) is 5.32 Å². The minimum absolute atomic E-state index is 0.195. The maximum Gasteiger partial charge on any atom is 0.0636 e. The molecule has 60 valence electrons. The summed E-state index contributed by atoms with van der Waals surface area (Å²) in [5.41, 5.74) is 0. The molecule has 1 atom stereocenters. The summed E-state index contributed by atoms with van der Waals surface area (Å²) >= 11 is 0. The van der Waals surface area contributed by atoms with E-state index in [1.165, 1.54) is 19.3 Å². The highest BCUT2D eigenvalue weighted by molar-refractivity contribution is 4.73. The second-order valence-corrected chi connectivity index (χ2v) is 3.29. The van der Waals surface area contributed by atoms with Gasteiger partial charge in [-0.3, -0.25) is 0 Å². The lowest BCUT2D eigenvalue weighted by molar-refractivity contribution is 0.191. The standard InChI is InChI=1S/C8H17NO/c1-7(10)6-9-5-4-8-2-3-8/h7-10H,2-6H2,1H3/t7-/m0/s1. The maximum absolute atomic E-state index is 8.87. The van der Waals surface area contributed by atoms with Crippen molar-refractivity contribution in [3.63, 3.8) is 0 Å². The van der Waals surface area contributed by atoms with Gasteiger partial charge in [0.1, 0.15) is 0 Å². The number of aliphatic hydroxyl groups is 1. The quantitative estimate of drug-likeness (QED) is 0.557. The maximum atomic E-state index is 8.87. The molecule has 1 fully saturated rings. The van der Waals surface area contributed by atoms with Crippen molar-refractivity contribution in [3.05, 3.63) is 0 Å². The average molecular weight is 143 g/mol. The van der Waals surface area contributed by atoms with Crippen LogP contribution in [0.2, 0.25) is 0 Å². The molecule has 0 aliphatic heterocycles. The third kappa shape index (κ3) is 3.85. The van der Waals surface area contributed by atoms with Crippen LogP contribution in [0.1, 0.15) is 26.2 Å². The molecule has 10 heavy (non-hydrogen) atoms. The van der Waals surface area contributed by atoms with Crippen LogP contribution >= 0.6 is 0 Å². The lowest BCUT2D eigenvalue weighted by Crippen LogP contribution is -2.25. The van der Waals surface area contributed by atoms with E-state index < -0.39 is 0 Å². The summed E-state index contributed by atoms with van der Waals surface area (Å²) in [5.74, 6) is 1.00. The van der Waals surface area contributed by atoms with Gasteiger partial charge in [-0.15, -0.1) is 0 Å². The van der Waals surface area contributed by atoms with E-state index >= 15 is 0 Å². The zero-order valence-electron chi connectivity index (χ0n) is 6.64. The fourth-order valence-electron chi connectivity index (χ4n) is 1.02. The molecule has 0 heterocycles. The Morgan fingerprint density at radius 2 is 2.30 bits per heavy atom. The molecule has 0 spiro atoms. The largest absolute Gasteiger partial charge is 0.392 e. The van der Waals surface area contributed by atoms with Gasteiger partial charge in [0.2, 0.25) is 0 Å². The van der Waals surface area contributed by atoms with Crippen LogP contribution in [0.5, 0.6) is 0 Å². The first-order valence-electron chi connectivity index (χ1n) is 4.18. The first-order valence-corrected chi connectivity index (χ1v) is 4.18. The fraction of sp³-hybridized carbons (Fsp3) is 1.00. The highest BCUT2D eigenvalue weighted by atomic mass is 16.3. The molecule has 2 nitrogen and oxygen atoms in total. The van der Waals surface area contributed by atoms with Gasteiger partial charge in [-0.25, -0.2) is 0 Å². The number of aliphatic hydroxyl groups excluding tert-OH is 1. The van der Waals surface area contributed by atoms with E-state index in [0.717, 1.165) is 19.0 Å². The molecule has 0 radical (unpaired) electrons. The summed E-state index contributed by atoms with van der Waals surface area (Å²) < 4.78 is 0. The van der Waals surface area contributed by atoms with Gasteiger partial charge in [-0.2, -0.15) is 0 Å². The highest BCUT2D eigenvalue weighted by Gasteiger charge is 2.19. The zero-order valence-corrected chi connectivity index (χ0v) is 6.64. The Labute approximate surface area is 62.6 Å². The van der Waals surface area contributed by atoms with Crippen molar-refractivity contribution in [2.45, 2.75) is 32.3 Å². The Bertz CT molecular complexity index is 85.3. The number of rotatable bonds is 5. The van der Waals surface area contributed by atoms with Crippen LogP contribution in [0.3, 0.4) is 0 Å². The van der Waals surface area contributed by atoms with Gasteiger partial charge in [0.25, 0.3) is 0 Å². The SMILES string of the molecule is C[C@H](O)CNCCC1CC1. The number of hydrogen-bond acceptors (Lipinski definition) is 2. The summed E-state index contributed by atoms with van der Waals surface area (Å²) in [5, 5.41) is 12.1.